The molecule has 1 atom stereocenters. The molecule has 0 bridgehead atoms. The third-order valence-corrected chi connectivity index (χ3v) is 3.15. The molecule has 15 heavy (non-hydrogen) atoms. The number of hydrogen-bond donors (Lipinski definition) is 1. The van der Waals surface area contributed by atoms with Crippen molar-refractivity contribution in [1.29, 1.82) is 0 Å². The summed E-state index contributed by atoms with van der Waals surface area (Å²) in [7, 11) is 0. The predicted octanol–water partition coefficient (Wildman–Crippen LogP) is 3.77. The average Bonchev–Trinajstić information content (AvgIpc) is 2.24. The minimum absolute atomic E-state index is 0.661. The van der Waals surface area contributed by atoms with Crippen LogP contribution in [0.2, 0.25) is 0 Å². The zero-order valence-corrected chi connectivity index (χ0v) is 11.2. The van der Waals surface area contributed by atoms with Crippen molar-refractivity contribution in [2.45, 2.75) is 39.2 Å². The molecule has 0 aliphatic rings. The summed E-state index contributed by atoms with van der Waals surface area (Å²) in [6.45, 7) is 5.48. The van der Waals surface area contributed by atoms with Crippen LogP contribution in [-0.2, 0) is 6.42 Å². The van der Waals surface area contributed by atoms with Crippen molar-refractivity contribution >= 4 is 15.9 Å². The Morgan fingerprint density at radius 1 is 1.33 bits per heavy atom. The summed E-state index contributed by atoms with van der Waals surface area (Å²) in [5, 5.41) is 3.51. The molecule has 1 unspecified atom stereocenters. The first kappa shape index (κ1) is 12.7. The van der Waals surface area contributed by atoms with E-state index < -0.39 is 0 Å². The Morgan fingerprint density at radius 2 is 2.13 bits per heavy atom. The number of rotatable bonds is 6. The van der Waals surface area contributed by atoms with Crippen molar-refractivity contribution in [3.8, 4) is 0 Å². The summed E-state index contributed by atoms with van der Waals surface area (Å²) in [4.78, 5) is 0. The maximum Gasteiger partial charge on any atom is 0.0177 e. The summed E-state index contributed by atoms with van der Waals surface area (Å²) in [5.74, 6) is 0. The van der Waals surface area contributed by atoms with E-state index in [2.05, 4.69) is 59.4 Å². The highest BCUT2D eigenvalue weighted by Gasteiger charge is 2.04. The van der Waals surface area contributed by atoms with Crippen molar-refractivity contribution < 1.29 is 0 Å². The summed E-state index contributed by atoms with van der Waals surface area (Å²) in [6, 6.07) is 9.25. The molecule has 2 heteroatoms. The minimum atomic E-state index is 0.661. The van der Waals surface area contributed by atoms with E-state index >= 15 is 0 Å². The second kappa shape index (κ2) is 7.02. The molecule has 0 radical (unpaired) electrons. The molecule has 0 aliphatic carbocycles. The topological polar surface area (TPSA) is 12.0 Å². The molecule has 1 aromatic carbocycles. The van der Waals surface area contributed by atoms with E-state index in [0.29, 0.717) is 6.04 Å². The molecule has 1 rings (SSSR count). The molecule has 0 heterocycles. The number of hydrogen-bond acceptors (Lipinski definition) is 1. The second-order valence-electron chi connectivity index (χ2n) is 3.83. The van der Waals surface area contributed by atoms with Gasteiger partial charge in [-0.3, -0.25) is 0 Å². The number of halogens is 1. The van der Waals surface area contributed by atoms with E-state index in [1.807, 2.05) is 0 Å². The van der Waals surface area contributed by atoms with Gasteiger partial charge in [0.1, 0.15) is 0 Å². The van der Waals surface area contributed by atoms with Gasteiger partial charge in [0.2, 0.25) is 0 Å². The van der Waals surface area contributed by atoms with Crippen LogP contribution in [0.5, 0.6) is 0 Å². The van der Waals surface area contributed by atoms with Gasteiger partial charge in [0, 0.05) is 10.5 Å². The van der Waals surface area contributed by atoms with Crippen LogP contribution in [0.25, 0.3) is 0 Å². The molecule has 0 fully saturated rings. The minimum Gasteiger partial charge on any atom is -0.314 e. The first-order valence-corrected chi connectivity index (χ1v) is 6.53. The lowest BCUT2D eigenvalue weighted by atomic mass is 10.0. The van der Waals surface area contributed by atoms with E-state index in [-0.39, 0.29) is 0 Å². The Bertz CT molecular complexity index is 286. The maximum absolute atomic E-state index is 3.51. The van der Waals surface area contributed by atoms with Gasteiger partial charge in [-0.1, -0.05) is 41.9 Å². The third-order valence-electron chi connectivity index (χ3n) is 2.66. The smallest absolute Gasteiger partial charge is 0.0177 e. The van der Waals surface area contributed by atoms with Gasteiger partial charge in [0.15, 0.2) is 0 Å². The molecule has 0 aliphatic heterocycles. The Hall–Kier alpha value is -0.340. The standard InChI is InChI=1S/C13H20BrN/c1-3-13(15-4-2)9-8-11-6-5-7-12(14)10-11/h5-7,10,13,15H,3-4,8-9H2,1-2H3. The molecule has 84 valence electrons. The zero-order chi connectivity index (χ0) is 11.1. The Morgan fingerprint density at radius 3 is 2.73 bits per heavy atom. The first-order chi connectivity index (χ1) is 7.26. The van der Waals surface area contributed by atoms with Crippen molar-refractivity contribution in [2.24, 2.45) is 0 Å². The van der Waals surface area contributed by atoms with E-state index in [9.17, 15) is 0 Å². The van der Waals surface area contributed by atoms with E-state index in [4.69, 9.17) is 0 Å². The summed E-state index contributed by atoms with van der Waals surface area (Å²) < 4.78 is 1.18. The van der Waals surface area contributed by atoms with Gasteiger partial charge in [0.05, 0.1) is 0 Å². The summed E-state index contributed by atoms with van der Waals surface area (Å²) in [6.07, 6.45) is 3.59. The Balaban J connectivity index is 2.41. The van der Waals surface area contributed by atoms with Gasteiger partial charge >= 0.3 is 0 Å². The van der Waals surface area contributed by atoms with Crippen LogP contribution < -0.4 is 5.32 Å². The highest BCUT2D eigenvalue weighted by atomic mass is 79.9. The van der Waals surface area contributed by atoms with Crippen LogP contribution in [0, 0.1) is 0 Å². The summed E-state index contributed by atoms with van der Waals surface area (Å²) >= 11 is 3.50. The fourth-order valence-corrected chi connectivity index (χ4v) is 2.22. The third kappa shape index (κ3) is 4.80. The molecular formula is C13H20BrN. The fourth-order valence-electron chi connectivity index (χ4n) is 1.77. The molecule has 0 saturated heterocycles. The lowest BCUT2D eigenvalue weighted by Crippen LogP contribution is -2.28. The SMILES string of the molecule is CCNC(CC)CCc1cccc(Br)c1. The van der Waals surface area contributed by atoms with Crippen LogP contribution in [0.4, 0.5) is 0 Å². The fraction of sp³-hybridized carbons (Fsp3) is 0.538. The average molecular weight is 270 g/mol. The normalized spacial score (nSPS) is 12.7. The van der Waals surface area contributed by atoms with Crippen LogP contribution in [0.3, 0.4) is 0 Å². The van der Waals surface area contributed by atoms with Gasteiger partial charge in [-0.15, -0.1) is 0 Å². The van der Waals surface area contributed by atoms with E-state index in [0.717, 1.165) is 13.0 Å². The van der Waals surface area contributed by atoms with Crippen molar-refractivity contribution in [3.05, 3.63) is 34.3 Å². The second-order valence-corrected chi connectivity index (χ2v) is 4.75. The maximum atomic E-state index is 3.51. The lowest BCUT2D eigenvalue weighted by Gasteiger charge is -2.15. The van der Waals surface area contributed by atoms with Gasteiger partial charge in [-0.25, -0.2) is 0 Å². The van der Waals surface area contributed by atoms with Gasteiger partial charge in [-0.05, 0) is 43.5 Å². The monoisotopic (exact) mass is 269 g/mol. The first-order valence-electron chi connectivity index (χ1n) is 5.74. The largest absolute Gasteiger partial charge is 0.314 e. The Labute approximate surface area is 101 Å². The van der Waals surface area contributed by atoms with Gasteiger partial charge in [0.25, 0.3) is 0 Å². The molecular weight excluding hydrogens is 250 g/mol. The zero-order valence-electron chi connectivity index (χ0n) is 9.59. The number of nitrogens with one attached hydrogen (secondary N) is 1. The van der Waals surface area contributed by atoms with Gasteiger partial charge < -0.3 is 5.32 Å². The van der Waals surface area contributed by atoms with Crippen molar-refractivity contribution in [3.63, 3.8) is 0 Å². The molecule has 0 aromatic heterocycles. The number of benzene rings is 1. The van der Waals surface area contributed by atoms with E-state index in [1.54, 1.807) is 0 Å². The molecule has 1 aromatic rings. The molecule has 0 spiro atoms. The Kier molecular flexibility index (Phi) is 5.96. The van der Waals surface area contributed by atoms with Crippen molar-refractivity contribution in [1.82, 2.24) is 5.32 Å². The quantitative estimate of drug-likeness (QED) is 0.829. The molecule has 1 N–H and O–H groups in total. The molecule has 1 nitrogen and oxygen atoms in total. The number of aryl methyl sites for hydroxylation is 1. The molecule has 0 amide bonds. The molecule has 0 saturated carbocycles. The van der Waals surface area contributed by atoms with Gasteiger partial charge in [-0.2, -0.15) is 0 Å². The van der Waals surface area contributed by atoms with E-state index in [1.165, 1.54) is 22.9 Å². The van der Waals surface area contributed by atoms with Crippen LogP contribution in [0.1, 0.15) is 32.3 Å². The van der Waals surface area contributed by atoms with Crippen LogP contribution >= 0.6 is 15.9 Å². The highest BCUT2D eigenvalue weighted by molar-refractivity contribution is 9.10. The van der Waals surface area contributed by atoms with Crippen LogP contribution in [-0.4, -0.2) is 12.6 Å². The predicted molar refractivity (Wildman–Crippen MR) is 70.2 cm³/mol. The van der Waals surface area contributed by atoms with Crippen molar-refractivity contribution in [2.75, 3.05) is 6.54 Å². The van der Waals surface area contributed by atoms with Crippen LogP contribution in [0.15, 0.2) is 28.7 Å². The highest BCUT2D eigenvalue weighted by Crippen LogP contribution is 2.14. The lowest BCUT2D eigenvalue weighted by molar-refractivity contribution is 0.481. The summed E-state index contributed by atoms with van der Waals surface area (Å²) in [5.41, 5.74) is 1.42.